The van der Waals surface area contributed by atoms with E-state index in [1.165, 1.54) is 0 Å². The van der Waals surface area contributed by atoms with Gasteiger partial charge < -0.3 is 5.11 Å². The van der Waals surface area contributed by atoms with E-state index in [9.17, 15) is 4.79 Å². The standard InChI is InChI=1S/C9H12N2O2/c1-7(9(12)13)3-4-8-10-5-2-6-11-8/h2,5-7H,3-4H2,1H3,(H,12,13). The molecule has 0 bridgehead atoms. The first-order chi connectivity index (χ1) is 6.20. The topological polar surface area (TPSA) is 63.1 Å². The zero-order chi connectivity index (χ0) is 9.68. The van der Waals surface area contributed by atoms with E-state index in [4.69, 9.17) is 5.11 Å². The lowest BCUT2D eigenvalue weighted by molar-refractivity contribution is -0.141. The number of carbonyl (C=O) groups is 1. The van der Waals surface area contributed by atoms with Gasteiger partial charge >= 0.3 is 5.97 Å². The molecular formula is C9H12N2O2. The van der Waals surface area contributed by atoms with E-state index in [-0.39, 0.29) is 5.92 Å². The van der Waals surface area contributed by atoms with Crippen LogP contribution in [-0.2, 0) is 11.2 Å². The minimum absolute atomic E-state index is 0.330. The van der Waals surface area contributed by atoms with Crippen LogP contribution in [0.5, 0.6) is 0 Å². The number of aryl methyl sites for hydroxylation is 1. The summed E-state index contributed by atoms with van der Waals surface area (Å²) in [5.74, 6) is -0.393. The average Bonchev–Trinajstić information content (AvgIpc) is 2.15. The quantitative estimate of drug-likeness (QED) is 0.754. The van der Waals surface area contributed by atoms with Gasteiger partial charge in [-0.25, -0.2) is 9.97 Å². The first-order valence-corrected chi connectivity index (χ1v) is 4.19. The number of aliphatic carboxylic acids is 1. The van der Waals surface area contributed by atoms with Crippen molar-refractivity contribution in [3.8, 4) is 0 Å². The van der Waals surface area contributed by atoms with Crippen LogP contribution in [0.15, 0.2) is 18.5 Å². The minimum atomic E-state index is -0.768. The lowest BCUT2D eigenvalue weighted by Gasteiger charge is -2.03. The van der Waals surface area contributed by atoms with Crippen LogP contribution in [0.3, 0.4) is 0 Å². The van der Waals surface area contributed by atoms with Crippen LogP contribution in [0.1, 0.15) is 19.2 Å². The highest BCUT2D eigenvalue weighted by Gasteiger charge is 2.10. The molecule has 0 aliphatic heterocycles. The Morgan fingerprint density at radius 3 is 2.69 bits per heavy atom. The maximum atomic E-state index is 10.5. The van der Waals surface area contributed by atoms with Crippen LogP contribution in [0, 0.1) is 5.92 Å². The summed E-state index contributed by atoms with van der Waals surface area (Å²) >= 11 is 0. The van der Waals surface area contributed by atoms with Gasteiger partial charge in [0.25, 0.3) is 0 Å². The molecule has 1 N–H and O–H groups in total. The molecule has 0 radical (unpaired) electrons. The molecule has 0 spiro atoms. The molecule has 1 rings (SSSR count). The van der Waals surface area contributed by atoms with Gasteiger partial charge in [-0.1, -0.05) is 6.92 Å². The molecule has 0 saturated heterocycles. The summed E-state index contributed by atoms with van der Waals surface area (Å²) in [6, 6.07) is 1.74. The smallest absolute Gasteiger partial charge is 0.306 e. The monoisotopic (exact) mass is 180 g/mol. The van der Waals surface area contributed by atoms with E-state index in [1.54, 1.807) is 25.4 Å². The maximum absolute atomic E-state index is 10.5. The van der Waals surface area contributed by atoms with E-state index < -0.39 is 5.97 Å². The highest BCUT2D eigenvalue weighted by atomic mass is 16.4. The third-order valence-electron chi connectivity index (χ3n) is 1.84. The average molecular weight is 180 g/mol. The molecule has 0 aromatic carbocycles. The fourth-order valence-corrected chi connectivity index (χ4v) is 0.928. The molecule has 4 heteroatoms. The molecule has 70 valence electrons. The molecule has 13 heavy (non-hydrogen) atoms. The minimum Gasteiger partial charge on any atom is -0.481 e. The van der Waals surface area contributed by atoms with Gasteiger partial charge in [-0.05, 0) is 12.5 Å². The Bertz CT molecular complexity index is 274. The maximum Gasteiger partial charge on any atom is 0.306 e. The Hall–Kier alpha value is -1.45. The largest absolute Gasteiger partial charge is 0.481 e. The number of hydrogen-bond acceptors (Lipinski definition) is 3. The van der Waals surface area contributed by atoms with Crippen molar-refractivity contribution in [1.29, 1.82) is 0 Å². The fourth-order valence-electron chi connectivity index (χ4n) is 0.928. The summed E-state index contributed by atoms with van der Waals surface area (Å²) in [5, 5.41) is 8.62. The summed E-state index contributed by atoms with van der Waals surface area (Å²) in [6.07, 6.45) is 4.52. The molecule has 0 aliphatic carbocycles. The molecule has 4 nitrogen and oxygen atoms in total. The highest BCUT2D eigenvalue weighted by molar-refractivity contribution is 5.69. The van der Waals surface area contributed by atoms with Gasteiger partial charge in [-0.2, -0.15) is 0 Å². The van der Waals surface area contributed by atoms with E-state index in [0.29, 0.717) is 18.7 Å². The summed E-state index contributed by atoms with van der Waals surface area (Å²) in [7, 11) is 0. The Kier molecular flexibility index (Phi) is 3.37. The number of hydrogen-bond donors (Lipinski definition) is 1. The molecule has 1 heterocycles. The molecule has 1 aromatic heterocycles. The summed E-state index contributed by atoms with van der Waals surface area (Å²) in [5.41, 5.74) is 0. The van der Waals surface area contributed by atoms with Gasteiger partial charge in [0.05, 0.1) is 5.92 Å². The van der Waals surface area contributed by atoms with E-state index in [0.717, 1.165) is 0 Å². The summed E-state index contributed by atoms with van der Waals surface area (Å²) in [6.45, 7) is 1.69. The Labute approximate surface area is 76.7 Å². The first kappa shape index (κ1) is 9.64. The molecule has 0 fully saturated rings. The van der Waals surface area contributed by atoms with Crippen LogP contribution in [0.25, 0.3) is 0 Å². The molecule has 0 saturated carbocycles. The zero-order valence-electron chi connectivity index (χ0n) is 7.47. The Morgan fingerprint density at radius 1 is 1.54 bits per heavy atom. The summed E-state index contributed by atoms with van der Waals surface area (Å²) < 4.78 is 0. The third-order valence-corrected chi connectivity index (χ3v) is 1.84. The van der Waals surface area contributed by atoms with Gasteiger partial charge in [0, 0.05) is 18.8 Å². The number of carboxylic acid groups (broad SMARTS) is 1. The highest BCUT2D eigenvalue weighted by Crippen LogP contribution is 2.05. The second-order valence-corrected chi connectivity index (χ2v) is 2.94. The van der Waals surface area contributed by atoms with Gasteiger partial charge in [0.15, 0.2) is 0 Å². The van der Waals surface area contributed by atoms with Crippen LogP contribution in [0.2, 0.25) is 0 Å². The van der Waals surface area contributed by atoms with Crippen molar-refractivity contribution in [2.45, 2.75) is 19.8 Å². The molecule has 0 aliphatic rings. The van der Waals surface area contributed by atoms with Crippen LogP contribution >= 0.6 is 0 Å². The molecule has 1 aromatic rings. The van der Waals surface area contributed by atoms with Crippen molar-refractivity contribution in [2.24, 2.45) is 5.92 Å². The van der Waals surface area contributed by atoms with Crippen molar-refractivity contribution in [3.63, 3.8) is 0 Å². The predicted octanol–water partition coefficient (Wildman–Crippen LogP) is 1.13. The fraction of sp³-hybridized carbons (Fsp3) is 0.444. The summed E-state index contributed by atoms with van der Waals surface area (Å²) in [4.78, 5) is 18.5. The predicted molar refractivity (Wildman–Crippen MR) is 47.2 cm³/mol. The van der Waals surface area contributed by atoms with Gasteiger partial charge in [-0.15, -0.1) is 0 Å². The second kappa shape index (κ2) is 4.54. The normalized spacial score (nSPS) is 12.4. The lowest BCUT2D eigenvalue weighted by atomic mass is 10.1. The van der Waals surface area contributed by atoms with Gasteiger partial charge in [-0.3, -0.25) is 4.79 Å². The number of aromatic nitrogens is 2. The Balaban J connectivity index is 2.39. The third kappa shape index (κ3) is 3.19. The molecule has 1 atom stereocenters. The van der Waals surface area contributed by atoms with E-state index in [1.807, 2.05) is 0 Å². The Morgan fingerprint density at radius 2 is 2.15 bits per heavy atom. The number of carboxylic acids is 1. The molecule has 1 unspecified atom stereocenters. The van der Waals surface area contributed by atoms with Crippen LogP contribution < -0.4 is 0 Å². The second-order valence-electron chi connectivity index (χ2n) is 2.94. The van der Waals surface area contributed by atoms with Crippen LogP contribution in [0.4, 0.5) is 0 Å². The van der Waals surface area contributed by atoms with Crippen molar-refractivity contribution in [3.05, 3.63) is 24.3 Å². The van der Waals surface area contributed by atoms with Crippen molar-refractivity contribution < 1.29 is 9.90 Å². The SMILES string of the molecule is CC(CCc1ncccn1)C(=O)O. The van der Waals surface area contributed by atoms with Crippen molar-refractivity contribution in [1.82, 2.24) is 9.97 Å². The zero-order valence-corrected chi connectivity index (χ0v) is 7.47. The number of rotatable bonds is 4. The molecule has 0 amide bonds. The van der Waals surface area contributed by atoms with Gasteiger partial charge in [0.1, 0.15) is 5.82 Å². The van der Waals surface area contributed by atoms with E-state index in [2.05, 4.69) is 9.97 Å². The first-order valence-electron chi connectivity index (χ1n) is 4.19. The van der Waals surface area contributed by atoms with E-state index >= 15 is 0 Å². The van der Waals surface area contributed by atoms with Crippen molar-refractivity contribution in [2.75, 3.05) is 0 Å². The lowest BCUT2D eigenvalue weighted by Crippen LogP contribution is -2.11. The van der Waals surface area contributed by atoms with Crippen LogP contribution in [-0.4, -0.2) is 21.0 Å². The van der Waals surface area contributed by atoms with Crippen molar-refractivity contribution >= 4 is 5.97 Å². The van der Waals surface area contributed by atoms with Gasteiger partial charge in [0.2, 0.25) is 0 Å². The molecular weight excluding hydrogens is 168 g/mol. The number of nitrogens with zero attached hydrogens (tertiary/aromatic N) is 2.